The van der Waals surface area contributed by atoms with Crippen molar-refractivity contribution < 1.29 is 4.74 Å². The average molecular weight is 264 g/mol. The van der Waals surface area contributed by atoms with Gasteiger partial charge in [-0.2, -0.15) is 5.26 Å². The van der Waals surface area contributed by atoms with Crippen LogP contribution in [0.3, 0.4) is 0 Å². The van der Waals surface area contributed by atoms with Gasteiger partial charge in [0.25, 0.3) is 0 Å². The largest absolute Gasteiger partial charge is 0.457 e. The van der Waals surface area contributed by atoms with Gasteiger partial charge in [0, 0.05) is 17.0 Å². The van der Waals surface area contributed by atoms with Gasteiger partial charge in [-0.05, 0) is 50.2 Å². The van der Waals surface area contributed by atoms with Gasteiger partial charge in [-0.3, -0.25) is 0 Å². The highest BCUT2D eigenvalue weighted by atomic mass is 16.5. The molecule has 0 fully saturated rings. The maximum Gasteiger partial charge on any atom is 0.127 e. The molecule has 0 saturated carbocycles. The quantitative estimate of drug-likeness (QED) is 0.813. The highest BCUT2D eigenvalue weighted by Gasteiger charge is 1.99. The first-order chi connectivity index (χ1) is 9.69. The molecular weight excluding hydrogens is 248 g/mol. The third kappa shape index (κ3) is 3.63. The van der Waals surface area contributed by atoms with Gasteiger partial charge < -0.3 is 10.1 Å². The van der Waals surface area contributed by atoms with E-state index >= 15 is 0 Å². The van der Waals surface area contributed by atoms with E-state index in [1.165, 1.54) is 0 Å². The molecule has 0 spiro atoms. The van der Waals surface area contributed by atoms with Crippen LogP contribution in [-0.4, -0.2) is 0 Å². The minimum Gasteiger partial charge on any atom is -0.457 e. The topological polar surface area (TPSA) is 45.0 Å². The van der Waals surface area contributed by atoms with E-state index in [0.29, 0.717) is 5.57 Å². The van der Waals surface area contributed by atoms with Gasteiger partial charge in [-0.15, -0.1) is 0 Å². The smallest absolute Gasteiger partial charge is 0.127 e. The second-order valence-corrected chi connectivity index (χ2v) is 4.43. The molecule has 0 aliphatic rings. The zero-order valence-corrected chi connectivity index (χ0v) is 11.6. The van der Waals surface area contributed by atoms with E-state index in [9.17, 15) is 0 Å². The lowest BCUT2D eigenvalue weighted by atomic mass is 10.2. The SMILES string of the molecule is C/C(C#N)=C(\C)Nc1ccc(Oc2ccccc2)cc1. The summed E-state index contributed by atoms with van der Waals surface area (Å²) in [6, 6.07) is 19.4. The molecule has 0 aromatic heterocycles. The van der Waals surface area contributed by atoms with Crippen molar-refractivity contribution in [1.82, 2.24) is 0 Å². The van der Waals surface area contributed by atoms with E-state index in [4.69, 9.17) is 10.00 Å². The Kier molecular flexibility index (Phi) is 4.41. The van der Waals surface area contributed by atoms with Gasteiger partial charge in [0.15, 0.2) is 0 Å². The number of nitrogens with zero attached hydrogens (tertiary/aromatic N) is 1. The third-order valence-electron chi connectivity index (χ3n) is 2.90. The summed E-state index contributed by atoms with van der Waals surface area (Å²) in [7, 11) is 0. The third-order valence-corrected chi connectivity index (χ3v) is 2.90. The molecule has 0 radical (unpaired) electrons. The Hall–Kier alpha value is -2.73. The summed E-state index contributed by atoms with van der Waals surface area (Å²) < 4.78 is 5.71. The Morgan fingerprint density at radius 2 is 1.55 bits per heavy atom. The predicted molar refractivity (Wildman–Crippen MR) is 80.6 cm³/mol. The van der Waals surface area contributed by atoms with Crippen LogP contribution in [0.4, 0.5) is 5.69 Å². The molecule has 20 heavy (non-hydrogen) atoms. The molecule has 2 aromatic carbocycles. The summed E-state index contributed by atoms with van der Waals surface area (Å²) in [5.41, 5.74) is 2.45. The molecule has 0 amide bonds. The summed E-state index contributed by atoms with van der Waals surface area (Å²) >= 11 is 0. The van der Waals surface area contributed by atoms with Crippen molar-refractivity contribution in [2.45, 2.75) is 13.8 Å². The first kappa shape index (κ1) is 13.7. The minimum absolute atomic E-state index is 0.676. The standard InChI is InChI=1S/C17H16N2O/c1-13(12-18)14(2)19-15-8-10-17(11-9-15)20-16-6-4-3-5-7-16/h3-11,19H,1-2H3/b14-13-. The molecule has 100 valence electrons. The van der Waals surface area contributed by atoms with Crippen molar-refractivity contribution in [2.24, 2.45) is 0 Å². The Morgan fingerprint density at radius 1 is 0.950 bits per heavy atom. The number of ether oxygens (including phenoxy) is 1. The second kappa shape index (κ2) is 6.44. The van der Waals surface area contributed by atoms with Gasteiger partial charge in [0.05, 0.1) is 6.07 Å². The summed E-state index contributed by atoms with van der Waals surface area (Å²) in [5.74, 6) is 1.59. The molecule has 2 aromatic rings. The molecule has 3 nitrogen and oxygen atoms in total. The fraction of sp³-hybridized carbons (Fsp3) is 0.118. The molecule has 0 unspecified atom stereocenters. The van der Waals surface area contributed by atoms with Crippen LogP contribution in [0.15, 0.2) is 65.9 Å². The molecule has 3 heteroatoms. The summed E-state index contributed by atoms with van der Waals surface area (Å²) in [4.78, 5) is 0. The fourth-order valence-corrected chi connectivity index (χ4v) is 1.63. The zero-order chi connectivity index (χ0) is 14.4. The number of benzene rings is 2. The van der Waals surface area contributed by atoms with E-state index in [0.717, 1.165) is 22.9 Å². The van der Waals surface area contributed by atoms with Crippen LogP contribution in [0, 0.1) is 11.3 Å². The van der Waals surface area contributed by atoms with Crippen molar-refractivity contribution in [3.8, 4) is 17.6 Å². The Morgan fingerprint density at radius 3 is 2.15 bits per heavy atom. The van der Waals surface area contributed by atoms with Crippen molar-refractivity contribution in [3.05, 3.63) is 65.9 Å². The first-order valence-corrected chi connectivity index (χ1v) is 6.36. The summed E-state index contributed by atoms with van der Waals surface area (Å²) in [5, 5.41) is 12.0. The number of para-hydroxylation sites is 1. The van der Waals surface area contributed by atoms with Crippen LogP contribution < -0.4 is 10.1 Å². The maximum absolute atomic E-state index is 8.82. The lowest BCUT2D eigenvalue weighted by Crippen LogP contribution is -1.97. The van der Waals surface area contributed by atoms with Crippen molar-refractivity contribution in [2.75, 3.05) is 5.32 Å². The second-order valence-electron chi connectivity index (χ2n) is 4.43. The molecule has 0 bridgehead atoms. The number of allylic oxidation sites excluding steroid dienone is 2. The van der Waals surface area contributed by atoms with Gasteiger partial charge >= 0.3 is 0 Å². The van der Waals surface area contributed by atoms with E-state index in [-0.39, 0.29) is 0 Å². The lowest BCUT2D eigenvalue weighted by Gasteiger charge is -2.09. The number of hydrogen-bond acceptors (Lipinski definition) is 3. The molecule has 1 N–H and O–H groups in total. The van der Waals surface area contributed by atoms with Crippen molar-refractivity contribution in [3.63, 3.8) is 0 Å². The minimum atomic E-state index is 0.676. The van der Waals surface area contributed by atoms with Crippen LogP contribution in [0.5, 0.6) is 11.5 Å². The Balaban J connectivity index is 2.06. The van der Waals surface area contributed by atoms with Gasteiger partial charge in [0.1, 0.15) is 11.5 Å². The number of nitriles is 1. The zero-order valence-electron chi connectivity index (χ0n) is 11.6. The van der Waals surface area contributed by atoms with E-state index in [1.807, 2.05) is 61.5 Å². The maximum atomic E-state index is 8.82. The van der Waals surface area contributed by atoms with E-state index < -0.39 is 0 Å². The highest BCUT2D eigenvalue weighted by Crippen LogP contribution is 2.23. The van der Waals surface area contributed by atoms with Crippen molar-refractivity contribution >= 4 is 5.69 Å². The van der Waals surface area contributed by atoms with Gasteiger partial charge in [-0.25, -0.2) is 0 Å². The predicted octanol–water partition coefficient (Wildman–Crippen LogP) is 4.71. The Labute approximate surface area is 119 Å². The first-order valence-electron chi connectivity index (χ1n) is 6.36. The molecule has 0 aliphatic carbocycles. The number of nitrogens with one attached hydrogen (secondary N) is 1. The summed E-state index contributed by atoms with van der Waals surface area (Å²) in [6.45, 7) is 3.67. The monoisotopic (exact) mass is 264 g/mol. The van der Waals surface area contributed by atoms with Gasteiger partial charge in [0.2, 0.25) is 0 Å². The molecule has 0 aliphatic heterocycles. The van der Waals surface area contributed by atoms with Crippen LogP contribution in [-0.2, 0) is 0 Å². The Bertz CT molecular complexity index is 637. The van der Waals surface area contributed by atoms with Crippen LogP contribution >= 0.6 is 0 Å². The average Bonchev–Trinajstić information content (AvgIpc) is 2.49. The summed E-state index contributed by atoms with van der Waals surface area (Å²) in [6.07, 6.45) is 0. The molecule has 0 atom stereocenters. The number of hydrogen-bond donors (Lipinski definition) is 1. The van der Waals surface area contributed by atoms with Crippen LogP contribution in [0.25, 0.3) is 0 Å². The highest BCUT2D eigenvalue weighted by molar-refractivity contribution is 5.52. The van der Waals surface area contributed by atoms with E-state index in [1.54, 1.807) is 6.92 Å². The normalized spacial score (nSPS) is 11.2. The molecular formula is C17H16N2O. The fourth-order valence-electron chi connectivity index (χ4n) is 1.63. The lowest BCUT2D eigenvalue weighted by molar-refractivity contribution is 0.483. The van der Waals surface area contributed by atoms with Crippen LogP contribution in [0.2, 0.25) is 0 Å². The molecule has 0 saturated heterocycles. The van der Waals surface area contributed by atoms with Crippen LogP contribution in [0.1, 0.15) is 13.8 Å². The number of rotatable bonds is 4. The van der Waals surface area contributed by atoms with E-state index in [2.05, 4.69) is 11.4 Å². The van der Waals surface area contributed by atoms with Gasteiger partial charge in [-0.1, -0.05) is 18.2 Å². The molecule has 2 rings (SSSR count). The number of anilines is 1. The van der Waals surface area contributed by atoms with Crippen molar-refractivity contribution in [1.29, 1.82) is 5.26 Å². The molecule has 0 heterocycles.